The third-order valence-corrected chi connectivity index (χ3v) is 6.34. The van der Waals surface area contributed by atoms with Gasteiger partial charge in [0.25, 0.3) is 0 Å². The van der Waals surface area contributed by atoms with Crippen LogP contribution < -0.4 is 10.1 Å². The molecule has 30 heavy (non-hydrogen) atoms. The summed E-state index contributed by atoms with van der Waals surface area (Å²) in [5.41, 5.74) is 3.75. The van der Waals surface area contributed by atoms with Crippen LogP contribution in [0.15, 0.2) is 60.0 Å². The van der Waals surface area contributed by atoms with Gasteiger partial charge in [-0.1, -0.05) is 18.2 Å². The van der Waals surface area contributed by atoms with Gasteiger partial charge < -0.3 is 15.2 Å². The minimum atomic E-state index is -1.49. The number of imidazole rings is 1. The van der Waals surface area contributed by atoms with Crippen molar-refractivity contribution in [3.05, 3.63) is 66.0 Å². The highest BCUT2D eigenvalue weighted by atomic mass is 32.2. The fourth-order valence-corrected chi connectivity index (χ4v) is 4.57. The molecule has 1 amide bonds. The van der Waals surface area contributed by atoms with Gasteiger partial charge in [0.1, 0.15) is 12.4 Å². The molecule has 0 bridgehead atoms. The van der Waals surface area contributed by atoms with Crippen molar-refractivity contribution in [1.82, 2.24) is 9.55 Å². The maximum Gasteiger partial charge on any atom is 0.224 e. The summed E-state index contributed by atoms with van der Waals surface area (Å²) in [5, 5.41) is 13.6. The Bertz CT molecular complexity index is 1100. The molecule has 1 aliphatic heterocycles. The van der Waals surface area contributed by atoms with Crippen molar-refractivity contribution >= 4 is 22.4 Å². The third kappa shape index (κ3) is 4.44. The van der Waals surface area contributed by atoms with Crippen molar-refractivity contribution in [2.75, 3.05) is 17.7 Å². The molecule has 0 saturated heterocycles. The Labute approximate surface area is 177 Å². The Morgan fingerprint density at radius 3 is 2.93 bits per heavy atom. The first-order valence-corrected chi connectivity index (χ1v) is 11.0. The molecule has 156 valence electrons. The lowest BCUT2D eigenvalue weighted by molar-refractivity contribution is -0.116. The van der Waals surface area contributed by atoms with E-state index >= 15 is 0 Å². The van der Waals surface area contributed by atoms with Gasteiger partial charge in [0.05, 0.1) is 28.3 Å². The van der Waals surface area contributed by atoms with E-state index in [1.165, 1.54) is 0 Å². The maximum atomic E-state index is 12.8. The molecule has 7 nitrogen and oxygen atoms in total. The number of amides is 1. The summed E-state index contributed by atoms with van der Waals surface area (Å²) in [6.45, 7) is 2.00. The highest BCUT2D eigenvalue weighted by molar-refractivity contribution is 7.84. The molecule has 1 aromatic heterocycles. The molecule has 3 aromatic rings. The molecule has 2 aromatic carbocycles. The van der Waals surface area contributed by atoms with E-state index in [4.69, 9.17) is 4.74 Å². The standard InChI is InChI=1S/C22H23N3O4S/c1-15-4-2-3-5-20(15)25-11-10-23-22(25)30(28)14-17(26)13-29-18-7-8-19-16(12-18)6-9-21(27)24-19/h2-5,7-8,10-12,17,26H,6,9,13-14H2,1H3,(H,24,27)/t17-,30+/m1/s1. The lowest BCUT2D eigenvalue weighted by Crippen LogP contribution is -2.25. The van der Waals surface area contributed by atoms with Gasteiger partial charge in [-0.2, -0.15) is 0 Å². The fourth-order valence-electron chi connectivity index (χ4n) is 3.41. The van der Waals surface area contributed by atoms with Crippen LogP contribution in [0.5, 0.6) is 5.75 Å². The molecule has 0 radical (unpaired) electrons. The van der Waals surface area contributed by atoms with Crippen molar-refractivity contribution in [1.29, 1.82) is 0 Å². The van der Waals surface area contributed by atoms with Crippen molar-refractivity contribution < 1.29 is 18.8 Å². The third-order valence-electron chi connectivity index (χ3n) is 4.94. The smallest absolute Gasteiger partial charge is 0.224 e. The number of fused-ring (bicyclic) bond motifs is 1. The van der Waals surface area contributed by atoms with Gasteiger partial charge in [0, 0.05) is 24.5 Å². The molecule has 2 N–H and O–H groups in total. The van der Waals surface area contributed by atoms with E-state index in [0.29, 0.717) is 23.7 Å². The molecule has 0 unspecified atom stereocenters. The number of nitrogens with one attached hydrogen (secondary N) is 1. The summed E-state index contributed by atoms with van der Waals surface area (Å²) in [5.74, 6) is 0.637. The number of para-hydroxylation sites is 1. The highest BCUT2D eigenvalue weighted by Crippen LogP contribution is 2.27. The SMILES string of the molecule is Cc1ccccc1-n1ccnc1[S@@](=O)C[C@H](O)COc1ccc2c(c1)CCC(=O)N2. The Morgan fingerprint density at radius 2 is 2.10 bits per heavy atom. The molecule has 0 saturated carbocycles. The largest absolute Gasteiger partial charge is 0.491 e. The number of carbonyl (C=O) groups is 1. The Kier molecular flexibility index (Phi) is 5.96. The summed E-state index contributed by atoms with van der Waals surface area (Å²) < 4.78 is 20.3. The van der Waals surface area contributed by atoms with Crippen molar-refractivity contribution in [3.8, 4) is 11.4 Å². The van der Waals surface area contributed by atoms with Gasteiger partial charge in [0.2, 0.25) is 11.1 Å². The molecule has 1 aliphatic rings. The summed E-state index contributed by atoms with van der Waals surface area (Å²) in [6, 6.07) is 13.2. The Morgan fingerprint density at radius 1 is 1.27 bits per heavy atom. The number of ether oxygens (including phenoxy) is 1. The van der Waals surface area contributed by atoms with Gasteiger partial charge in [-0.3, -0.25) is 13.6 Å². The second-order valence-corrected chi connectivity index (χ2v) is 8.60. The predicted octanol–water partition coefficient (Wildman–Crippen LogP) is 2.61. The summed E-state index contributed by atoms with van der Waals surface area (Å²) in [6.07, 6.45) is 3.57. The zero-order valence-corrected chi connectivity index (χ0v) is 17.4. The van der Waals surface area contributed by atoms with E-state index in [1.807, 2.05) is 37.3 Å². The minimum absolute atomic E-state index is 0.0122. The number of rotatable bonds is 7. The molecule has 2 heterocycles. The van der Waals surface area contributed by atoms with Gasteiger partial charge in [-0.25, -0.2) is 4.98 Å². The van der Waals surface area contributed by atoms with Crippen LogP contribution in [-0.4, -0.2) is 43.2 Å². The number of anilines is 1. The first kappa shape index (κ1) is 20.3. The average Bonchev–Trinajstić information content (AvgIpc) is 3.22. The van der Waals surface area contributed by atoms with Crippen molar-refractivity contribution in [2.45, 2.75) is 31.0 Å². The van der Waals surface area contributed by atoms with Gasteiger partial charge in [-0.15, -0.1) is 0 Å². The van der Waals surface area contributed by atoms with Crippen LogP contribution in [0.3, 0.4) is 0 Å². The van der Waals surface area contributed by atoms with Crippen LogP contribution in [0.25, 0.3) is 5.69 Å². The molecule has 0 fully saturated rings. The molecular formula is C22H23N3O4S. The molecule has 0 aliphatic carbocycles. The van der Waals surface area contributed by atoms with E-state index in [1.54, 1.807) is 29.1 Å². The van der Waals surface area contributed by atoms with E-state index in [-0.39, 0.29) is 18.3 Å². The second-order valence-electron chi connectivity index (χ2n) is 7.21. The number of aryl methyl sites for hydroxylation is 2. The number of nitrogens with zero attached hydrogens (tertiary/aromatic N) is 2. The fraction of sp³-hybridized carbons (Fsp3) is 0.273. The number of benzene rings is 2. The number of carbonyl (C=O) groups excluding carboxylic acids is 1. The molecule has 8 heteroatoms. The Balaban J connectivity index is 1.38. The van der Waals surface area contributed by atoms with Crippen molar-refractivity contribution in [2.24, 2.45) is 0 Å². The van der Waals surface area contributed by atoms with Crippen LogP contribution in [0.4, 0.5) is 5.69 Å². The van der Waals surface area contributed by atoms with Crippen LogP contribution >= 0.6 is 0 Å². The number of aromatic nitrogens is 2. The summed E-state index contributed by atoms with van der Waals surface area (Å²) in [7, 11) is -1.49. The first-order valence-electron chi connectivity index (χ1n) is 9.72. The average molecular weight is 426 g/mol. The topological polar surface area (TPSA) is 93.5 Å². The van der Waals surface area contributed by atoms with E-state index < -0.39 is 16.9 Å². The van der Waals surface area contributed by atoms with E-state index in [9.17, 15) is 14.1 Å². The van der Waals surface area contributed by atoms with Crippen LogP contribution in [0.2, 0.25) is 0 Å². The number of hydrogen-bond acceptors (Lipinski definition) is 5. The van der Waals surface area contributed by atoms with Gasteiger partial charge >= 0.3 is 0 Å². The second kappa shape index (κ2) is 8.81. The summed E-state index contributed by atoms with van der Waals surface area (Å²) >= 11 is 0. The van der Waals surface area contributed by atoms with E-state index in [0.717, 1.165) is 22.5 Å². The molecule has 2 atom stereocenters. The quantitative estimate of drug-likeness (QED) is 0.607. The lowest BCUT2D eigenvalue weighted by atomic mass is 10.0. The zero-order valence-electron chi connectivity index (χ0n) is 16.6. The number of aliphatic hydroxyl groups excluding tert-OH is 1. The van der Waals surface area contributed by atoms with Crippen molar-refractivity contribution in [3.63, 3.8) is 0 Å². The van der Waals surface area contributed by atoms with Crippen LogP contribution in [0.1, 0.15) is 17.5 Å². The van der Waals surface area contributed by atoms with Crippen LogP contribution in [0, 0.1) is 6.92 Å². The molecule has 0 spiro atoms. The minimum Gasteiger partial charge on any atom is -0.491 e. The number of aliphatic hydroxyl groups is 1. The normalized spacial score (nSPS) is 15.2. The summed E-state index contributed by atoms with van der Waals surface area (Å²) in [4.78, 5) is 15.7. The predicted molar refractivity (Wildman–Crippen MR) is 114 cm³/mol. The highest BCUT2D eigenvalue weighted by Gasteiger charge is 2.19. The van der Waals surface area contributed by atoms with Crippen LogP contribution in [-0.2, 0) is 22.0 Å². The lowest BCUT2D eigenvalue weighted by Gasteiger charge is -2.18. The molecular weight excluding hydrogens is 402 g/mol. The van der Waals surface area contributed by atoms with E-state index in [2.05, 4.69) is 10.3 Å². The monoisotopic (exact) mass is 425 g/mol. The molecule has 4 rings (SSSR count). The van der Waals surface area contributed by atoms with Gasteiger partial charge in [0.15, 0.2) is 0 Å². The maximum absolute atomic E-state index is 12.8. The first-order chi connectivity index (χ1) is 14.5. The Hall–Kier alpha value is -2.97. The zero-order chi connectivity index (χ0) is 21.1. The number of hydrogen-bond donors (Lipinski definition) is 2. The van der Waals surface area contributed by atoms with Gasteiger partial charge in [-0.05, 0) is 48.7 Å².